The van der Waals surface area contributed by atoms with Crippen molar-refractivity contribution in [3.05, 3.63) is 24.2 Å². The van der Waals surface area contributed by atoms with E-state index in [1.807, 2.05) is 42.9 Å². The Morgan fingerprint density at radius 1 is 1.65 bits per heavy atom. The van der Waals surface area contributed by atoms with Crippen LogP contribution >= 0.6 is 11.8 Å². The van der Waals surface area contributed by atoms with Gasteiger partial charge in [-0.3, -0.25) is 9.69 Å². The summed E-state index contributed by atoms with van der Waals surface area (Å²) in [5.74, 6) is 3.13. The van der Waals surface area contributed by atoms with Crippen LogP contribution in [0.3, 0.4) is 0 Å². The summed E-state index contributed by atoms with van der Waals surface area (Å²) in [6.45, 7) is 1.56. The molecule has 1 aromatic heterocycles. The molecule has 20 heavy (non-hydrogen) atoms. The number of carbonyl (C=O) groups excluding carboxylic acids is 1. The Labute approximate surface area is 124 Å². The number of furan rings is 1. The smallest absolute Gasteiger partial charge is 0.221 e. The van der Waals surface area contributed by atoms with Crippen molar-refractivity contribution in [3.8, 4) is 0 Å². The van der Waals surface area contributed by atoms with Gasteiger partial charge in [-0.2, -0.15) is 11.8 Å². The highest BCUT2D eigenvalue weighted by atomic mass is 32.2. The first-order valence-corrected chi connectivity index (χ1v) is 8.10. The van der Waals surface area contributed by atoms with Crippen LogP contribution in [0.1, 0.15) is 18.2 Å². The van der Waals surface area contributed by atoms with Crippen LogP contribution in [-0.2, 0) is 4.79 Å². The first-order chi connectivity index (χ1) is 9.66. The third-order valence-corrected chi connectivity index (χ3v) is 4.55. The maximum atomic E-state index is 12.0. The molecule has 1 aliphatic rings. The van der Waals surface area contributed by atoms with Crippen molar-refractivity contribution in [2.45, 2.75) is 18.5 Å². The summed E-state index contributed by atoms with van der Waals surface area (Å²) < 4.78 is 5.43. The second kappa shape index (κ2) is 7.71. The molecule has 1 fully saturated rings. The predicted octanol–water partition coefficient (Wildman–Crippen LogP) is 1.09. The molecule has 2 atom stereocenters. The lowest BCUT2D eigenvalue weighted by atomic mass is 10.2. The number of hydrogen-bond donors (Lipinski definition) is 2. The molecule has 0 radical (unpaired) electrons. The van der Waals surface area contributed by atoms with E-state index in [0.29, 0.717) is 19.0 Å². The predicted molar refractivity (Wildman–Crippen MR) is 81.9 cm³/mol. The first kappa shape index (κ1) is 15.4. The molecule has 2 rings (SSSR count). The summed E-state index contributed by atoms with van der Waals surface area (Å²) in [5.41, 5.74) is 0. The molecule has 6 heteroatoms. The van der Waals surface area contributed by atoms with Gasteiger partial charge in [0, 0.05) is 37.1 Å². The highest BCUT2D eigenvalue weighted by Crippen LogP contribution is 2.17. The lowest BCUT2D eigenvalue weighted by Crippen LogP contribution is -2.42. The van der Waals surface area contributed by atoms with E-state index in [9.17, 15) is 4.79 Å². The maximum Gasteiger partial charge on any atom is 0.221 e. The average Bonchev–Trinajstić information content (AvgIpc) is 2.93. The molecule has 5 nitrogen and oxygen atoms in total. The van der Waals surface area contributed by atoms with Crippen molar-refractivity contribution < 1.29 is 9.21 Å². The molecule has 1 aliphatic heterocycles. The lowest BCUT2D eigenvalue weighted by Gasteiger charge is -2.25. The molecule has 1 aromatic rings. The normalized spacial score (nSPS) is 20.9. The minimum absolute atomic E-state index is 0.0719. The zero-order valence-electron chi connectivity index (χ0n) is 12.1. The molecular formula is C14H23N3O2S. The van der Waals surface area contributed by atoms with Crippen LogP contribution in [0.25, 0.3) is 0 Å². The second-order valence-electron chi connectivity index (χ2n) is 5.23. The Balaban J connectivity index is 1.78. The summed E-state index contributed by atoms with van der Waals surface area (Å²) in [6, 6.07) is 4.19. The van der Waals surface area contributed by atoms with E-state index in [4.69, 9.17) is 4.42 Å². The fourth-order valence-corrected chi connectivity index (χ4v) is 3.22. The zero-order valence-corrected chi connectivity index (χ0v) is 12.9. The summed E-state index contributed by atoms with van der Waals surface area (Å²) in [6.07, 6.45) is 2.21. The number of thioether (sulfide) groups is 1. The summed E-state index contributed by atoms with van der Waals surface area (Å²) >= 11 is 1.91. The van der Waals surface area contributed by atoms with Crippen molar-refractivity contribution in [1.82, 2.24) is 15.5 Å². The molecule has 0 aromatic carbocycles. The van der Waals surface area contributed by atoms with E-state index in [1.165, 1.54) is 0 Å². The molecule has 112 valence electrons. The molecule has 1 amide bonds. The molecule has 2 N–H and O–H groups in total. The number of rotatable bonds is 6. The summed E-state index contributed by atoms with van der Waals surface area (Å²) in [5, 5.41) is 6.39. The molecule has 1 saturated heterocycles. The van der Waals surface area contributed by atoms with Gasteiger partial charge in [-0.1, -0.05) is 0 Å². The Bertz CT molecular complexity index is 403. The largest absolute Gasteiger partial charge is 0.468 e. The molecule has 0 spiro atoms. The fourth-order valence-electron chi connectivity index (χ4n) is 2.28. The highest BCUT2D eigenvalue weighted by Gasteiger charge is 2.20. The molecule has 2 heterocycles. The monoisotopic (exact) mass is 297 g/mol. The quantitative estimate of drug-likeness (QED) is 0.823. The number of nitrogens with zero attached hydrogens (tertiary/aromatic N) is 1. The van der Waals surface area contributed by atoms with Gasteiger partial charge in [0.15, 0.2) is 0 Å². The van der Waals surface area contributed by atoms with Gasteiger partial charge < -0.3 is 15.1 Å². The number of hydrogen-bond acceptors (Lipinski definition) is 5. The van der Waals surface area contributed by atoms with E-state index < -0.39 is 0 Å². The summed E-state index contributed by atoms with van der Waals surface area (Å²) in [7, 11) is 3.97. The van der Waals surface area contributed by atoms with Crippen molar-refractivity contribution in [2.24, 2.45) is 0 Å². The van der Waals surface area contributed by atoms with Gasteiger partial charge in [0.25, 0.3) is 0 Å². The van der Waals surface area contributed by atoms with E-state index in [0.717, 1.165) is 23.8 Å². The van der Waals surface area contributed by atoms with Crippen molar-refractivity contribution in [3.63, 3.8) is 0 Å². The number of amides is 1. The number of nitrogens with one attached hydrogen (secondary N) is 2. The van der Waals surface area contributed by atoms with Gasteiger partial charge in [0.1, 0.15) is 5.76 Å². The van der Waals surface area contributed by atoms with Crippen LogP contribution in [0.2, 0.25) is 0 Å². The van der Waals surface area contributed by atoms with Crippen LogP contribution in [0.5, 0.6) is 0 Å². The van der Waals surface area contributed by atoms with Crippen LogP contribution in [0, 0.1) is 0 Å². The Morgan fingerprint density at radius 2 is 2.50 bits per heavy atom. The fraction of sp³-hybridized carbons (Fsp3) is 0.643. The Morgan fingerprint density at radius 3 is 3.10 bits per heavy atom. The van der Waals surface area contributed by atoms with E-state index in [2.05, 4.69) is 10.6 Å². The molecule has 0 bridgehead atoms. The minimum atomic E-state index is 0.0719. The third kappa shape index (κ3) is 4.54. The topological polar surface area (TPSA) is 57.5 Å². The van der Waals surface area contributed by atoms with E-state index in [-0.39, 0.29) is 11.9 Å². The Hall–Kier alpha value is -0.980. The molecule has 2 unspecified atom stereocenters. The molecular weight excluding hydrogens is 274 g/mol. The van der Waals surface area contributed by atoms with Gasteiger partial charge in [-0.05, 0) is 26.2 Å². The zero-order chi connectivity index (χ0) is 14.4. The number of likely N-dealkylation sites (N-methyl/N-ethyl adjacent to an activating group) is 1. The van der Waals surface area contributed by atoms with E-state index in [1.54, 1.807) is 6.26 Å². The lowest BCUT2D eigenvalue weighted by molar-refractivity contribution is -0.121. The third-order valence-electron chi connectivity index (χ3n) is 3.42. The van der Waals surface area contributed by atoms with Gasteiger partial charge in [0.05, 0.1) is 12.3 Å². The maximum absolute atomic E-state index is 12.0. The number of carbonyl (C=O) groups is 1. The molecule has 0 saturated carbocycles. The van der Waals surface area contributed by atoms with Gasteiger partial charge in [0.2, 0.25) is 5.91 Å². The van der Waals surface area contributed by atoms with Crippen molar-refractivity contribution >= 4 is 17.7 Å². The SMILES string of the molecule is CN(C)C(CNC(=O)CC1CSCCN1)c1ccco1. The average molecular weight is 297 g/mol. The van der Waals surface area contributed by atoms with Crippen LogP contribution in [0.15, 0.2) is 22.8 Å². The summed E-state index contributed by atoms with van der Waals surface area (Å²) in [4.78, 5) is 14.0. The standard InChI is InChI=1S/C14H23N3O2S/c1-17(2)12(13-4-3-6-19-13)9-16-14(18)8-11-10-20-7-5-15-11/h3-4,6,11-12,15H,5,7-10H2,1-2H3,(H,16,18). The minimum Gasteiger partial charge on any atom is -0.468 e. The van der Waals surface area contributed by atoms with Gasteiger partial charge >= 0.3 is 0 Å². The van der Waals surface area contributed by atoms with Crippen LogP contribution in [0.4, 0.5) is 0 Å². The van der Waals surface area contributed by atoms with Crippen LogP contribution < -0.4 is 10.6 Å². The molecule has 0 aliphatic carbocycles. The van der Waals surface area contributed by atoms with Crippen molar-refractivity contribution in [2.75, 3.05) is 38.7 Å². The van der Waals surface area contributed by atoms with Crippen molar-refractivity contribution in [1.29, 1.82) is 0 Å². The highest BCUT2D eigenvalue weighted by molar-refractivity contribution is 7.99. The van der Waals surface area contributed by atoms with Crippen LogP contribution in [-0.4, -0.2) is 55.5 Å². The second-order valence-corrected chi connectivity index (χ2v) is 6.38. The van der Waals surface area contributed by atoms with Gasteiger partial charge in [-0.15, -0.1) is 0 Å². The Kier molecular flexibility index (Phi) is 5.94. The van der Waals surface area contributed by atoms with E-state index >= 15 is 0 Å². The first-order valence-electron chi connectivity index (χ1n) is 6.94. The van der Waals surface area contributed by atoms with Gasteiger partial charge in [-0.25, -0.2) is 0 Å².